The zero-order chi connectivity index (χ0) is 14.3. The van der Waals surface area contributed by atoms with Gasteiger partial charge in [0.15, 0.2) is 5.60 Å². The maximum atomic E-state index is 12.2. The van der Waals surface area contributed by atoms with Gasteiger partial charge in [0, 0.05) is 20.7 Å². The van der Waals surface area contributed by atoms with Crippen molar-refractivity contribution in [3.05, 3.63) is 0 Å². The molecule has 1 atom stereocenters. The molecule has 0 spiro atoms. The van der Waals surface area contributed by atoms with Gasteiger partial charge in [-0.15, -0.1) is 0 Å². The fourth-order valence-corrected chi connectivity index (χ4v) is 2.95. The molecule has 19 heavy (non-hydrogen) atoms. The molecule has 0 radical (unpaired) electrons. The zero-order valence-corrected chi connectivity index (χ0v) is 12.7. The average molecular weight is 271 g/mol. The Kier molecular flexibility index (Phi) is 6.80. The maximum absolute atomic E-state index is 12.2. The van der Waals surface area contributed by atoms with E-state index in [1.54, 1.807) is 11.9 Å². The summed E-state index contributed by atoms with van der Waals surface area (Å²) >= 11 is 0. The number of hydrogen-bond donors (Lipinski definition) is 1. The van der Waals surface area contributed by atoms with E-state index in [1.807, 2.05) is 0 Å². The molecule has 1 fully saturated rings. The van der Waals surface area contributed by atoms with E-state index in [9.17, 15) is 9.90 Å². The molecule has 0 bridgehead atoms. The highest BCUT2D eigenvalue weighted by Gasteiger charge is 2.33. The van der Waals surface area contributed by atoms with Gasteiger partial charge in [-0.25, -0.2) is 0 Å². The van der Waals surface area contributed by atoms with E-state index in [0.717, 1.165) is 6.54 Å². The maximum Gasteiger partial charge on any atom is 0.256 e. The number of methoxy groups -OCH3 is 1. The summed E-state index contributed by atoms with van der Waals surface area (Å²) in [6.45, 7) is 2.31. The Bertz CT molecular complexity index is 271. The molecule has 4 nitrogen and oxygen atoms in total. The largest absolute Gasteiger partial charge is 0.381 e. The number of ether oxygens (including phenoxy) is 1. The topological polar surface area (TPSA) is 49.8 Å². The Hall–Kier alpha value is -0.610. The van der Waals surface area contributed by atoms with E-state index in [0.29, 0.717) is 5.92 Å². The van der Waals surface area contributed by atoms with Crippen LogP contribution in [0.2, 0.25) is 0 Å². The van der Waals surface area contributed by atoms with E-state index in [2.05, 4.69) is 0 Å². The molecule has 4 heteroatoms. The van der Waals surface area contributed by atoms with Gasteiger partial charge in [0.05, 0.1) is 6.61 Å². The number of likely N-dealkylation sites (N-methyl/N-ethyl adjacent to an activating group) is 1. The number of hydrogen-bond acceptors (Lipinski definition) is 3. The second-order valence-corrected chi connectivity index (χ2v) is 6.10. The molecule has 1 rings (SSSR count). The van der Waals surface area contributed by atoms with Crippen LogP contribution in [-0.2, 0) is 9.53 Å². The van der Waals surface area contributed by atoms with Crippen LogP contribution in [0.25, 0.3) is 0 Å². The predicted octanol–water partition coefficient (Wildman–Crippen LogP) is 2.20. The minimum Gasteiger partial charge on any atom is -0.381 e. The van der Waals surface area contributed by atoms with Crippen LogP contribution in [0.15, 0.2) is 0 Å². The molecule has 1 aliphatic rings. The van der Waals surface area contributed by atoms with E-state index >= 15 is 0 Å². The fourth-order valence-electron chi connectivity index (χ4n) is 2.95. The van der Waals surface area contributed by atoms with Crippen molar-refractivity contribution in [3.63, 3.8) is 0 Å². The molecule has 0 heterocycles. The third-order valence-corrected chi connectivity index (χ3v) is 3.99. The van der Waals surface area contributed by atoms with Crippen LogP contribution >= 0.6 is 0 Å². The first-order valence-corrected chi connectivity index (χ1v) is 7.44. The first kappa shape index (κ1) is 16.4. The summed E-state index contributed by atoms with van der Waals surface area (Å²) in [6, 6.07) is 0. The van der Waals surface area contributed by atoms with Gasteiger partial charge in [0.2, 0.25) is 0 Å². The molecule has 1 N–H and O–H groups in total. The van der Waals surface area contributed by atoms with Crippen molar-refractivity contribution in [2.75, 3.05) is 27.3 Å². The Morgan fingerprint density at radius 2 is 1.79 bits per heavy atom. The van der Waals surface area contributed by atoms with E-state index in [4.69, 9.17) is 4.74 Å². The first-order chi connectivity index (χ1) is 8.97. The molecule has 1 aliphatic carbocycles. The van der Waals surface area contributed by atoms with Gasteiger partial charge in [-0.05, 0) is 25.7 Å². The highest BCUT2D eigenvalue weighted by molar-refractivity contribution is 5.84. The van der Waals surface area contributed by atoms with E-state index in [-0.39, 0.29) is 12.5 Å². The van der Waals surface area contributed by atoms with Crippen LogP contribution in [0.4, 0.5) is 0 Å². The monoisotopic (exact) mass is 271 g/mol. The van der Waals surface area contributed by atoms with E-state index < -0.39 is 5.60 Å². The van der Waals surface area contributed by atoms with Gasteiger partial charge >= 0.3 is 0 Å². The summed E-state index contributed by atoms with van der Waals surface area (Å²) in [5.74, 6) is 0.337. The van der Waals surface area contributed by atoms with Crippen molar-refractivity contribution in [1.29, 1.82) is 0 Å². The van der Waals surface area contributed by atoms with Crippen LogP contribution in [0.3, 0.4) is 0 Å². The lowest BCUT2D eigenvalue weighted by atomic mass is 9.90. The second kappa shape index (κ2) is 7.85. The molecule has 0 aliphatic heterocycles. The summed E-state index contributed by atoms with van der Waals surface area (Å²) in [5, 5.41) is 10.1. The molecule has 0 aromatic carbocycles. The lowest BCUT2D eigenvalue weighted by molar-refractivity contribution is -0.153. The SMILES string of the molecule is COCC(C)(O)C(=O)N(C)CC1CCCCCCC1. The lowest BCUT2D eigenvalue weighted by Gasteiger charge is -2.31. The standard InChI is InChI=1S/C15H29NO3/c1-15(18,12-19-3)14(17)16(2)11-13-9-7-5-4-6-8-10-13/h13,18H,4-12H2,1-3H3. The minimum absolute atomic E-state index is 0.0425. The Morgan fingerprint density at radius 1 is 1.26 bits per heavy atom. The molecule has 0 aromatic rings. The van der Waals surface area contributed by atoms with Crippen LogP contribution < -0.4 is 0 Å². The van der Waals surface area contributed by atoms with Crippen LogP contribution in [0.1, 0.15) is 51.9 Å². The Balaban J connectivity index is 2.47. The summed E-state index contributed by atoms with van der Waals surface area (Å²) in [7, 11) is 3.28. The number of carbonyl (C=O) groups excluding carboxylic acids is 1. The summed E-state index contributed by atoms with van der Waals surface area (Å²) in [4.78, 5) is 13.9. The average Bonchev–Trinajstić information content (AvgIpc) is 2.31. The van der Waals surface area contributed by atoms with Crippen LogP contribution in [0.5, 0.6) is 0 Å². The smallest absolute Gasteiger partial charge is 0.256 e. The van der Waals surface area contributed by atoms with Gasteiger partial charge in [-0.3, -0.25) is 4.79 Å². The number of amides is 1. The molecule has 0 saturated heterocycles. The molecular formula is C15H29NO3. The van der Waals surface area contributed by atoms with Gasteiger partial charge in [0.25, 0.3) is 5.91 Å². The molecule has 0 aromatic heterocycles. The molecule has 1 saturated carbocycles. The van der Waals surface area contributed by atoms with Crippen molar-refractivity contribution >= 4 is 5.91 Å². The normalized spacial score (nSPS) is 21.3. The number of aliphatic hydroxyl groups is 1. The van der Waals surface area contributed by atoms with Gasteiger partial charge in [0.1, 0.15) is 0 Å². The zero-order valence-electron chi connectivity index (χ0n) is 12.7. The molecule has 1 amide bonds. The second-order valence-electron chi connectivity index (χ2n) is 6.10. The Labute approximate surface area is 117 Å². The van der Waals surface area contributed by atoms with Crippen molar-refractivity contribution in [1.82, 2.24) is 4.90 Å². The van der Waals surface area contributed by atoms with E-state index in [1.165, 1.54) is 59.0 Å². The third-order valence-electron chi connectivity index (χ3n) is 3.99. The predicted molar refractivity (Wildman–Crippen MR) is 75.9 cm³/mol. The lowest BCUT2D eigenvalue weighted by Crippen LogP contribution is -2.49. The summed E-state index contributed by atoms with van der Waals surface area (Å²) in [5.41, 5.74) is -1.41. The van der Waals surface area contributed by atoms with Crippen LogP contribution in [-0.4, -0.2) is 48.8 Å². The van der Waals surface area contributed by atoms with Gasteiger partial charge in [-0.1, -0.05) is 32.1 Å². The van der Waals surface area contributed by atoms with Crippen molar-refractivity contribution in [2.45, 2.75) is 57.5 Å². The number of nitrogens with zero attached hydrogens (tertiary/aromatic N) is 1. The first-order valence-electron chi connectivity index (χ1n) is 7.44. The molecule has 112 valence electrons. The summed E-state index contributed by atoms with van der Waals surface area (Å²) in [6.07, 6.45) is 8.91. The fraction of sp³-hybridized carbons (Fsp3) is 0.933. The Morgan fingerprint density at radius 3 is 2.32 bits per heavy atom. The van der Waals surface area contributed by atoms with Gasteiger partial charge < -0.3 is 14.7 Å². The molecular weight excluding hydrogens is 242 g/mol. The van der Waals surface area contributed by atoms with Crippen molar-refractivity contribution < 1.29 is 14.6 Å². The third kappa shape index (κ3) is 5.49. The minimum atomic E-state index is -1.41. The molecule has 1 unspecified atom stereocenters. The quantitative estimate of drug-likeness (QED) is 0.834. The van der Waals surface area contributed by atoms with Crippen molar-refractivity contribution in [2.24, 2.45) is 5.92 Å². The van der Waals surface area contributed by atoms with Crippen molar-refractivity contribution in [3.8, 4) is 0 Å². The summed E-state index contributed by atoms with van der Waals surface area (Å²) < 4.78 is 4.91. The number of rotatable bonds is 5. The highest BCUT2D eigenvalue weighted by Crippen LogP contribution is 2.23. The van der Waals surface area contributed by atoms with Crippen LogP contribution in [0, 0.1) is 5.92 Å². The highest BCUT2D eigenvalue weighted by atomic mass is 16.5. The number of carbonyl (C=O) groups is 1. The van der Waals surface area contributed by atoms with Gasteiger partial charge in [-0.2, -0.15) is 0 Å².